The molecule has 1 saturated heterocycles. The number of rotatable bonds is 8. The van der Waals surface area contributed by atoms with Crippen LogP contribution in [-0.4, -0.2) is 52.0 Å². The van der Waals surface area contributed by atoms with E-state index in [4.69, 9.17) is 9.47 Å². The summed E-state index contributed by atoms with van der Waals surface area (Å²) < 4.78 is 11.1. The second-order valence-electron chi connectivity index (χ2n) is 6.16. The smallest absolute Gasteiger partial charge is 0.191 e. The van der Waals surface area contributed by atoms with Gasteiger partial charge in [-0.25, -0.2) is 0 Å². The van der Waals surface area contributed by atoms with Crippen LogP contribution in [0.5, 0.6) is 0 Å². The first-order chi connectivity index (χ1) is 10.1. The molecule has 1 heterocycles. The third-order valence-electron chi connectivity index (χ3n) is 4.04. The minimum Gasteiger partial charge on any atom is -0.381 e. The zero-order chi connectivity index (χ0) is 15.5. The molecule has 0 aromatic rings. The minimum atomic E-state index is 0. The zero-order valence-corrected chi connectivity index (χ0v) is 16.9. The Morgan fingerprint density at radius 1 is 1.27 bits per heavy atom. The maximum absolute atomic E-state index is 5.75. The van der Waals surface area contributed by atoms with Crippen molar-refractivity contribution in [2.45, 2.75) is 46.1 Å². The van der Waals surface area contributed by atoms with Crippen LogP contribution in [0, 0.1) is 11.8 Å². The Bertz CT molecular complexity index is 295. The predicted molar refractivity (Wildman–Crippen MR) is 103 cm³/mol. The van der Waals surface area contributed by atoms with Crippen LogP contribution < -0.4 is 10.6 Å². The highest BCUT2D eigenvalue weighted by atomic mass is 127. The number of hydrogen-bond acceptors (Lipinski definition) is 3. The summed E-state index contributed by atoms with van der Waals surface area (Å²) in [5, 5.41) is 6.73. The summed E-state index contributed by atoms with van der Waals surface area (Å²) in [4.78, 5) is 4.24. The average Bonchev–Trinajstić information content (AvgIpc) is 2.50. The van der Waals surface area contributed by atoms with Gasteiger partial charge in [0.05, 0.1) is 0 Å². The Morgan fingerprint density at radius 2 is 1.95 bits per heavy atom. The number of hydrogen-bond donors (Lipinski definition) is 2. The fraction of sp³-hybridized carbons (Fsp3) is 0.938. The van der Waals surface area contributed by atoms with E-state index in [1.807, 2.05) is 7.05 Å². The Balaban J connectivity index is 0.00000441. The summed E-state index contributed by atoms with van der Waals surface area (Å²) in [5.74, 6) is 2.15. The molecule has 0 aromatic carbocycles. The van der Waals surface area contributed by atoms with Crippen molar-refractivity contribution in [3.8, 4) is 0 Å². The highest BCUT2D eigenvalue weighted by Crippen LogP contribution is 2.14. The van der Waals surface area contributed by atoms with Crippen LogP contribution in [0.25, 0.3) is 0 Å². The lowest BCUT2D eigenvalue weighted by atomic mass is 10.0. The van der Waals surface area contributed by atoms with Crippen molar-refractivity contribution < 1.29 is 9.47 Å². The van der Waals surface area contributed by atoms with Crippen molar-refractivity contribution in [3.05, 3.63) is 0 Å². The molecule has 1 rings (SSSR count). The number of guanidine groups is 1. The van der Waals surface area contributed by atoms with E-state index in [0.29, 0.717) is 17.9 Å². The third kappa shape index (κ3) is 9.84. The van der Waals surface area contributed by atoms with Gasteiger partial charge in [-0.05, 0) is 38.0 Å². The SMILES string of the molecule is CN=C(NCCCOCC1CCOCC1)NC(C)C(C)C.I. The van der Waals surface area contributed by atoms with Gasteiger partial charge in [0.1, 0.15) is 0 Å². The molecule has 1 fully saturated rings. The summed E-state index contributed by atoms with van der Waals surface area (Å²) in [6.07, 6.45) is 3.28. The van der Waals surface area contributed by atoms with Gasteiger partial charge in [0.2, 0.25) is 0 Å². The maximum Gasteiger partial charge on any atom is 0.191 e. The minimum absolute atomic E-state index is 0. The van der Waals surface area contributed by atoms with Crippen molar-refractivity contribution in [2.24, 2.45) is 16.8 Å². The van der Waals surface area contributed by atoms with Crippen LogP contribution in [0.4, 0.5) is 0 Å². The van der Waals surface area contributed by atoms with Crippen LogP contribution in [0.15, 0.2) is 4.99 Å². The van der Waals surface area contributed by atoms with E-state index in [9.17, 15) is 0 Å². The molecular formula is C16H34IN3O2. The van der Waals surface area contributed by atoms with Crippen molar-refractivity contribution in [1.29, 1.82) is 0 Å². The molecule has 0 aliphatic carbocycles. The van der Waals surface area contributed by atoms with Crippen molar-refractivity contribution in [2.75, 3.05) is 40.0 Å². The van der Waals surface area contributed by atoms with Gasteiger partial charge in [0, 0.05) is 46.1 Å². The lowest BCUT2D eigenvalue weighted by Crippen LogP contribution is -2.44. The molecule has 1 aliphatic heterocycles. The van der Waals surface area contributed by atoms with E-state index in [-0.39, 0.29) is 24.0 Å². The Morgan fingerprint density at radius 3 is 2.55 bits per heavy atom. The van der Waals surface area contributed by atoms with Crippen LogP contribution in [0.3, 0.4) is 0 Å². The lowest BCUT2D eigenvalue weighted by molar-refractivity contribution is 0.0203. The molecule has 0 spiro atoms. The van der Waals surface area contributed by atoms with Gasteiger partial charge in [-0.2, -0.15) is 0 Å². The molecule has 0 amide bonds. The molecule has 6 heteroatoms. The molecule has 22 heavy (non-hydrogen) atoms. The van der Waals surface area contributed by atoms with Crippen molar-refractivity contribution >= 4 is 29.9 Å². The lowest BCUT2D eigenvalue weighted by Gasteiger charge is -2.22. The van der Waals surface area contributed by atoms with E-state index in [2.05, 4.69) is 36.4 Å². The van der Waals surface area contributed by atoms with Crippen LogP contribution >= 0.6 is 24.0 Å². The molecular weight excluding hydrogens is 393 g/mol. The predicted octanol–water partition coefficient (Wildman–Crippen LogP) is 2.65. The highest BCUT2D eigenvalue weighted by molar-refractivity contribution is 14.0. The van der Waals surface area contributed by atoms with Gasteiger partial charge in [-0.15, -0.1) is 24.0 Å². The summed E-state index contributed by atoms with van der Waals surface area (Å²) in [6.45, 7) is 10.9. The molecule has 5 nitrogen and oxygen atoms in total. The summed E-state index contributed by atoms with van der Waals surface area (Å²) in [5.41, 5.74) is 0. The first kappa shape index (κ1) is 21.9. The normalized spacial score (nSPS) is 18.0. The Kier molecular flexibility index (Phi) is 13.3. The topological polar surface area (TPSA) is 54.9 Å². The standard InChI is InChI=1S/C16H33N3O2.HI/c1-13(2)14(3)19-16(17-4)18-8-5-9-21-12-15-6-10-20-11-7-15;/h13-15H,5-12H2,1-4H3,(H2,17,18,19);1H. The number of halogens is 1. The number of aliphatic imine (C=N–C) groups is 1. The Labute approximate surface area is 153 Å². The van der Waals surface area contributed by atoms with Crippen LogP contribution in [0.1, 0.15) is 40.0 Å². The number of nitrogens with one attached hydrogen (secondary N) is 2. The van der Waals surface area contributed by atoms with Gasteiger partial charge in [0.25, 0.3) is 0 Å². The second kappa shape index (κ2) is 13.4. The fourth-order valence-electron chi connectivity index (χ4n) is 2.12. The molecule has 1 aliphatic rings. The number of ether oxygens (including phenoxy) is 2. The first-order valence-corrected chi connectivity index (χ1v) is 8.26. The highest BCUT2D eigenvalue weighted by Gasteiger charge is 2.13. The summed E-state index contributed by atoms with van der Waals surface area (Å²) in [6, 6.07) is 0.418. The van der Waals surface area contributed by atoms with Crippen molar-refractivity contribution in [1.82, 2.24) is 10.6 Å². The van der Waals surface area contributed by atoms with E-state index < -0.39 is 0 Å². The molecule has 0 radical (unpaired) electrons. The van der Waals surface area contributed by atoms with Gasteiger partial charge in [0.15, 0.2) is 5.96 Å². The van der Waals surface area contributed by atoms with E-state index in [0.717, 1.165) is 58.2 Å². The van der Waals surface area contributed by atoms with Gasteiger partial charge < -0.3 is 20.1 Å². The quantitative estimate of drug-likeness (QED) is 0.271. The van der Waals surface area contributed by atoms with Crippen LogP contribution in [0.2, 0.25) is 0 Å². The Hall–Kier alpha value is -0.0800. The van der Waals surface area contributed by atoms with Gasteiger partial charge in [-0.3, -0.25) is 4.99 Å². The maximum atomic E-state index is 5.75. The zero-order valence-electron chi connectivity index (χ0n) is 14.6. The first-order valence-electron chi connectivity index (χ1n) is 8.26. The van der Waals surface area contributed by atoms with E-state index in [1.165, 1.54) is 0 Å². The van der Waals surface area contributed by atoms with E-state index >= 15 is 0 Å². The summed E-state index contributed by atoms with van der Waals surface area (Å²) >= 11 is 0. The molecule has 1 atom stereocenters. The largest absolute Gasteiger partial charge is 0.381 e. The summed E-state index contributed by atoms with van der Waals surface area (Å²) in [7, 11) is 1.81. The molecule has 1 unspecified atom stereocenters. The molecule has 0 bridgehead atoms. The molecule has 0 saturated carbocycles. The molecule has 2 N–H and O–H groups in total. The van der Waals surface area contributed by atoms with Gasteiger partial charge in [-0.1, -0.05) is 13.8 Å². The molecule has 132 valence electrons. The average molecular weight is 427 g/mol. The number of nitrogens with zero attached hydrogens (tertiary/aromatic N) is 1. The fourth-order valence-corrected chi connectivity index (χ4v) is 2.12. The van der Waals surface area contributed by atoms with Gasteiger partial charge >= 0.3 is 0 Å². The monoisotopic (exact) mass is 427 g/mol. The molecule has 0 aromatic heterocycles. The third-order valence-corrected chi connectivity index (χ3v) is 4.04. The second-order valence-corrected chi connectivity index (χ2v) is 6.16. The van der Waals surface area contributed by atoms with Crippen molar-refractivity contribution in [3.63, 3.8) is 0 Å². The van der Waals surface area contributed by atoms with E-state index in [1.54, 1.807) is 0 Å². The van der Waals surface area contributed by atoms with Crippen LogP contribution in [-0.2, 0) is 9.47 Å².